The van der Waals surface area contributed by atoms with E-state index >= 15 is 0 Å². The molecule has 0 saturated heterocycles. The Hall–Kier alpha value is -2.67. The predicted octanol–water partition coefficient (Wildman–Crippen LogP) is 2.35. The number of ether oxygens (including phenoxy) is 1. The van der Waals surface area contributed by atoms with Crippen LogP contribution in [0, 0.1) is 0 Å². The van der Waals surface area contributed by atoms with Gasteiger partial charge in [0.1, 0.15) is 17.1 Å². The standard InChI is InChI=1S/C18H19N3O3S/c1-3-13-8-14-17(25-13)20-11-21(18(14)23)10-16(22)19-9-12-6-4-5-7-15(12)24-2/h4-8,11H,3,9-10H2,1-2H3,(H,19,22). The smallest absolute Gasteiger partial charge is 0.262 e. The second kappa shape index (κ2) is 7.48. The Morgan fingerprint density at radius 2 is 2.16 bits per heavy atom. The lowest BCUT2D eigenvalue weighted by molar-refractivity contribution is -0.121. The molecule has 0 bridgehead atoms. The molecule has 6 nitrogen and oxygen atoms in total. The number of methoxy groups -OCH3 is 1. The van der Waals surface area contributed by atoms with E-state index in [2.05, 4.69) is 10.3 Å². The minimum atomic E-state index is -0.250. The molecule has 3 rings (SSSR count). The maximum atomic E-state index is 12.5. The highest BCUT2D eigenvalue weighted by Crippen LogP contribution is 2.21. The number of carbonyl (C=O) groups is 1. The molecule has 3 aromatic rings. The van der Waals surface area contributed by atoms with Gasteiger partial charge in [0, 0.05) is 17.0 Å². The molecule has 0 spiro atoms. The van der Waals surface area contributed by atoms with E-state index in [0.717, 1.165) is 16.9 Å². The molecule has 0 aliphatic rings. The summed E-state index contributed by atoms with van der Waals surface area (Å²) in [5.41, 5.74) is 0.693. The van der Waals surface area contributed by atoms with Crippen molar-refractivity contribution in [2.75, 3.05) is 7.11 Å². The minimum absolute atomic E-state index is 0.0613. The molecule has 0 aliphatic carbocycles. The molecule has 0 fully saturated rings. The fourth-order valence-electron chi connectivity index (χ4n) is 2.55. The van der Waals surface area contributed by atoms with Crippen LogP contribution in [-0.2, 0) is 24.3 Å². The van der Waals surface area contributed by atoms with Crippen LogP contribution in [0.2, 0.25) is 0 Å². The topological polar surface area (TPSA) is 73.2 Å². The summed E-state index contributed by atoms with van der Waals surface area (Å²) in [5.74, 6) is 0.466. The van der Waals surface area contributed by atoms with Crippen molar-refractivity contribution in [2.45, 2.75) is 26.4 Å². The van der Waals surface area contributed by atoms with Crippen LogP contribution in [0.5, 0.6) is 5.75 Å². The molecule has 0 radical (unpaired) electrons. The highest BCUT2D eigenvalue weighted by Gasteiger charge is 2.11. The number of benzene rings is 1. The monoisotopic (exact) mass is 357 g/mol. The number of amides is 1. The van der Waals surface area contributed by atoms with Gasteiger partial charge in [-0.05, 0) is 18.6 Å². The van der Waals surface area contributed by atoms with Gasteiger partial charge in [0.2, 0.25) is 5.91 Å². The van der Waals surface area contributed by atoms with Crippen molar-refractivity contribution in [1.29, 1.82) is 0 Å². The van der Waals surface area contributed by atoms with Gasteiger partial charge in [0.05, 0.1) is 18.8 Å². The predicted molar refractivity (Wildman–Crippen MR) is 98.1 cm³/mol. The maximum Gasteiger partial charge on any atom is 0.262 e. The zero-order chi connectivity index (χ0) is 17.8. The number of carbonyl (C=O) groups excluding carboxylic acids is 1. The summed E-state index contributed by atoms with van der Waals surface area (Å²) in [6.07, 6.45) is 2.29. The largest absolute Gasteiger partial charge is 0.496 e. The fourth-order valence-corrected chi connectivity index (χ4v) is 3.48. The van der Waals surface area contributed by atoms with Crippen molar-refractivity contribution >= 4 is 27.5 Å². The third-order valence-electron chi connectivity index (χ3n) is 3.90. The van der Waals surface area contributed by atoms with Gasteiger partial charge in [-0.3, -0.25) is 14.2 Å². The summed E-state index contributed by atoms with van der Waals surface area (Å²) in [5, 5.41) is 3.38. The molecule has 0 atom stereocenters. The van der Waals surface area contributed by atoms with Crippen LogP contribution >= 0.6 is 11.3 Å². The van der Waals surface area contributed by atoms with E-state index < -0.39 is 0 Å². The van der Waals surface area contributed by atoms with Gasteiger partial charge in [0.25, 0.3) is 5.56 Å². The molecule has 2 aromatic heterocycles. The molecular formula is C18H19N3O3S. The first-order chi connectivity index (χ1) is 12.1. The lowest BCUT2D eigenvalue weighted by Crippen LogP contribution is -2.32. The number of thiophene rings is 1. The number of rotatable bonds is 6. The number of nitrogens with zero attached hydrogens (tertiary/aromatic N) is 2. The summed E-state index contributed by atoms with van der Waals surface area (Å²) in [7, 11) is 1.59. The molecule has 130 valence electrons. The maximum absolute atomic E-state index is 12.5. The molecule has 25 heavy (non-hydrogen) atoms. The summed E-state index contributed by atoms with van der Waals surface area (Å²) in [4.78, 5) is 30.8. The van der Waals surface area contributed by atoms with Crippen molar-refractivity contribution in [3.8, 4) is 5.75 Å². The summed E-state index contributed by atoms with van der Waals surface area (Å²) >= 11 is 1.51. The van der Waals surface area contributed by atoms with Gasteiger partial charge < -0.3 is 10.1 Å². The Bertz CT molecular complexity index is 962. The van der Waals surface area contributed by atoms with E-state index in [0.29, 0.717) is 22.5 Å². The van der Waals surface area contributed by atoms with E-state index in [1.165, 1.54) is 22.2 Å². The van der Waals surface area contributed by atoms with Gasteiger partial charge in [-0.2, -0.15) is 0 Å². The van der Waals surface area contributed by atoms with Gasteiger partial charge in [-0.15, -0.1) is 11.3 Å². The molecule has 1 aromatic carbocycles. The normalized spacial score (nSPS) is 10.8. The molecule has 2 heterocycles. The number of hydrogen-bond donors (Lipinski definition) is 1. The van der Waals surface area contributed by atoms with Crippen LogP contribution in [-0.4, -0.2) is 22.6 Å². The summed E-state index contributed by atoms with van der Waals surface area (Å²) < 4.78 is 6.60. The molecule has 0 aliphatic heterocycles. The first-order valence-electron chi connectivity index (χ1n) is 7.98. The van der Waals surface area contributed by atoms with Crippen LogP contribution in [0.1, 0.15) is 17.4 Å². The Kier molecular flexibility index (Phi) is 5.14. The van der Waals surface area contributed by atoms with Crippen LogP contribution in [0.4, 0.5) is 0 Å². The van der Waals surface area contributed by atoms with E-state index in [-0.39, 0.29) is 18.0 Å². The van der Waals surface area contributed by atoms with E-state index in [9.17, 15) is 9.59 Å². The molecule has 1 N–H and O–H groups in total. The Morgan fingerprint density at radius 3 is 2.92 bits per heavy atom. The number of nitrogens with one attached hydrogen (secondary N) is 1. The lowest BCUT2D eigenvalue weighted by Gasteiger charge is -2.10. The molecular weight excluding hydrogens is 338 g/mol. The second-order valence-corrected chi connectivity index (χ2v) is 6.67. The number of aryl methyl sites for hydroxylation is 1. The average Bonchev–Trinajstić information content (AvgIpc) is 3.07. The average molecular weight is 357 g/mol. The van der Waals surface area contributed by atoms with Gasteiger partial charge in [-0.1, -0.05) is 25.1 Å². The Labute approximate surface area is 149 Å². The number of aromatic nitrogens is 2. The van der Waals surface area contributed by atoms with Crippen molar-refractivity contribution in [1.82, 2.24) is 14.9 Å². The highest BCUT2D eigenvalue weighted by molar-refractivity contribution is 7.18. The summed E-state index contributed by atoms with van der Waals surface area (Å²) in [6, 6.07) is 9.34. The highest BCUT2D eigenvalue weighted by atomic mass is 32.1. The number of hydrogen-bond acceptors (Lipinski definition) is 5. The van der Waals surface area contributed by atoms with Crippen LogP contribution in [0.3, 0.4) is 0 Å². The van der Waals surface area contributed by atoms with Gasteiger partial charge in [0.15, 0.2) is 0 Å². The molecule has 0 unspecified atom stereocenters. The van der Waals surface area contributed by atoms with Crippen molar-refractivity contribution in [3.05, 3.63) is 57.5 Å². The SMILES string of the molecule is CCc1cc2c(=O)n(CC(=O)NCc3ccccc3OC)cnc2s1. The molecule has 0 saturated carbocycles. The third kappa shape index (κ3) is 3.71. The summed E-state index contributed by atoms with van der Waals surface area (Å²) in [6.45, 7) is 2.31. The van der Waals surface area contributed by atoms with Crippen LogP contribution in [0.15, 0.2) is 41.5 Å². The van der Waals surface area contributed by atoms with Crippen molar-refractivity contribution < 1.29 is 9.53 Å². The van der Waals surface area contributed by atoms with Crippen LogP contribution < -0.4 is 15.6 Å². The third-order valence-corrected chi connectivity index (χ3v) is 5.09. The first-order valence-corrected chi connectivity index (χ1v) is 8.80. The molecule has 7 heteroatoms. The lowest BCUT2D eigenvalue weighted by atomic mass is 10.2. The van der Waals surface area contributed by atoms with E-state index in [1.54, 1.807) is 7.11 Å². The zero-order valence-electron chi connectivity index (χ0n) is 14.1. The first kappa shape index (κ1) is 17.2. The zero-order valence-corrected chi connectivity index (χ0v) is 14.9. The Morgan fingerprint density at radius 1 is 1.36 bits per heavy atom. The number of para-hydroxylation sites is 1. The molecule has 1 amide bonds. The quantitative estimate of drug-likeness (QED) is 0.735. The van der Waals surface area contributed by atoms with Gasteiger partial charge >= 0.3 is 0 Å². The van der Waals surface area contributed by atoms with Crippen molar-refractivity contribution in [2.24, 2.45) is 0 Å². The van der Waals surface area contributed by atoms with Gasteiger partial charge in [-0.25, -0.2) is 4.98 Å². The second-order valence-electron chi connectivity index (χ2n) is 5.55. The van der Waals surface area contributed by atoms with E-state index in [1.807, 2.05) is 37.3 Å². The minimum Gasteiger partial charge on any atom is -0.496 e. The fraction of sp³-hybridized carbons (Fsp3) is 0.278. The number of fused-ring (bicyclic) bond motifs is 1. The van der Waals surface area contributed by atoms with Crippen molar-refractivity contribution in [3.63, 3.8) is 0 Å². The van der Waals surface area contributed by atoms with Crippen LogP contribution in [0.25, 0.3) is 10.2 Å². The van der Waals surface area contributed by atoms with E-state index in [4.69, 9.17) is 4.74 Å². The Balaban J connectivity index is 1.71.